The van der Waals surface area contributed by atoms with Crippen LogP contribution in [0.4, 0.5) is 0 Å². The summed E-state index contributed by atoms with van der Waals surface area (Å²) in [7, 11) is 0. The first kappa shape index (κ1) is 18.7. The molecular formula is C21H18ClNO4. The highest BCUT2D eigenvalue weighted by atomic mass is 35.5. The fourth-order valence-electron chi connectivity index (χ4n) is 2.49. The topological polar surface area (TPSA) is 68.5 Å². The third kappa shape index (κ3) is 5.21. The van der Waals surface area contributed by atoms with Gasteiger partial charge in [-0.1, -0.05) is 41.9 Å². The van der Waals surface area contributed by atoms with Crippen LogP contribution < -0.4 is 5.32 Å². The molecule has 5 nitrogen and oxygen atoms in total. The lowest BCUT2D eigenvalue weighted by atomic mass is 10.2. The van der Waals surface area contributed by atoms with Gasteiger partial charge in [-0.05, 0) is 42.8 Å². The molecular weight excluding hydrogens is 366 g/mol. The van der Waals surface area contributed by atoms with Gasteiger partial charge >= 0.3 is 5.97 Å². The summed E-state index contributed by atoms with van der Waals surface area (Å²) < 4.78 is 10.7. The van der Waals surface area contributed by atoms with Crippen LogP contribution in [-0.2, 0) is 14.3 Å². The van der Waals surface area contributed by atoms with Crippen LogP contribution in [0.2, 0.25) is 5.02 Å². The van der Waals surface area contributed by atoms with E-state index >= 15 is 0 Å². The summed E-state index contributed by atoms with van der Waals surface area (Å²) in [6.45, 7) is 1.44. The molecule has 0 aliphatic heterocycles. The Balaban J connectivity index is 1.48. The molecule has 6 heteroatoms. The Morgan fingerprint density at radius 1 is 1.19 bits per heavy atom. The van der Waals surface area contributed by atoms with Crippen molar-refractivity contribution in [2.24, 2.45) is 0 Å². The van der Waals surface area contributed by atoms with Gasteiger partial charge in [-0.25, -0.2) is 4.79 Å². The molecule has 1 N–H and O–H groups in total. The van der Waals surface area contributed by atoms with Gasteiger partial charge in [0.25, 0.3) is 5.91 Å². The van der Waals surface area contributed by atoms with Crippen molar-refractivity contribution in [2.75, 3.05) is 6.61 Å². The summed E-state index contributed by atoms with van der Waals surface area (Å²) >= 11 is 5.80. The van der Waals surface area contributed by atoms with Gasteiger partial charge in [0.2, 0.25) is 0 Å². The molecule has 1 aromatic heterocycles. The molecule has 27 heavy (non-hydrogen) atoms. The number of benzene rings is 2. The van der Waals surface area contributed by atoms with E-state index in [1.54, 1.807) is 37.3 Å². The Hall–Kier alpha value is -3.05. The van der Waals surface area contributed by atoms with Crippen LogP contribution in [0.1, 0.15) is 24.3 Å². The molecule has 1 heterocycles. The quantitative estimate of drug-likeness (QED) is 0.502. The number of halogens is 1. The Morgan fingerprint density at radius 2 is 1.93 bits per heavy atom. The smallest absolute Gasteiger partial charge is 0.331 e. The third-order valence-corrected chi connectivity index (χ3v) is 4.13. The highest BCUT2D eigenvalue weighted by Crippen LogP contribution is 2.23. The normalized spacial score (nSPS) is 12.2. The van der Waals surface area contributed by atoms with E-state index in [0.717, 1.165) is 16.5 Å². The molecule has 1 amide bonds. The molecule has 0 unspecified atom stereocenters. The molecule has 3 rings (SSSR count). The number of para-hydroxylation sites is 1. The largest absolute Gasteiger partial charge is 0.459 e. The fraction of sp³-hybridized carbons (Fsp3) is 0.143. The van der Waals surface area contributed by atoms with Crippen LogP contribution in [0, 0.1) is 0 Å². The molecule has 0 radical (unpaired) electrons. The van der Waals surface area contributed by atoms with Gasteiger partial charge in [0.05, 0.1) is 6.04 Å². The van der Waals surface area contributed by atoms with Crippen molar-refractivity contribution < 1.29 is 18.7 Å². The number of carbonyl (C=O) groups excluding carboxylic acids is 2. The van der Waals surface area contributed by atoms with Gasteiger partial charge in [-0.3, -0.25) is 4.79 Å². The number of nitrogens with one attached hydrogen (secondary N) is 1. The van der Waals surface area contributed by atoms with E-state index in [0.29, 0.717) is 10.8 Å². The second kappa shape index (κ2) is 8.56. The minimum atomic E-state index is -0.600. The number of ether oxygens (including phenoxy) is 1. The number of esters is 1. The summed E-state index contributed by atoms with van der Waals surface area (Å²) in [6, 6.07) is 16.1. The molecule has 0 spiro atoms. The molecule has 2 aromatic carbocycles. The van der Waals surface area contributed by atoms with Crippen molar-refractivity contribution in [1.29, 1.82) is 0 Å². The number of amides is 1. The van der Waals surface area contributed by atoms with Gasteiger partial charge in [0.1, 0.15) is 11.3 Å². The molecule has 1 atom stereocenters. The van der Waals surface area contributed by atoms with Gasteiger partial charge in [-0.2, -0.15) is 0 Å². The van der Waals surface area contributed by atoms with Crippen molar-refractivity contribution in [3.63, 3.8) is 0 Å². The zero-order valence-electron chi connectivity index (χ0n) is 14.6. The number of fused-ring (bicyclic) bond motifs is 1. The van der Waals surface area contributed by atoms with Crippen LogP contribution in [0.5, 0.6) is 0 Å². The van der Waals surface area contributed by atoms with E-state index in [1.807, 2.05) is 30.3 Å². The first-order valence-corrected chi connectivity index (χ1v) is 8.77. The molecule has 0 bridgehead atoms. The zero-order chi connectivity index (χ0) is 19.2. The van der Waals surface area contributed by atoms with Crippen LogP contribution >= 0.6 is 11.6 Å². The maximum absolute atomic E-state index is 12.0. The highest BCUT2D eigenvalue weighted by Gasteiger charge is 2.15. The maximum Gasteiger partial charge on any atom is 0.331 e. The van der Waals surface area contributed by atoms with E-state index in [-0.39, 0.29) is 12.6 Å². The van der Waals surface area contributed by atoms with Crippen molar-refractivity contribution in [3.8, 4) is 0 Å². The molecule has 0 saturated heterocycles. The van der Waals surface area contributed by atoms with Gasteiger partial charge in [0.15, 0.2) is 6.61 Å². The number of hydrogen-bond donors (Lipinski definition) is 1. The SMILES string of the molecule is C[C@H](NC(=O)COC(=O)/C=C/c1ccc(Cl)cc1)c1cc2ccccc2o1. The molecule has 0 saturated carbocycles. The standard InChI is InChI=1S/C21H18ClNO4/c1-14(19-12-16-4-2-3-5-18(16)27-19)23-20(24)13-26-21(25)11-8-15-6-9-17(22)10-7-15/h2-12,14H,13H2,1H3,(H,23,24)/b11-8+/t14-/m0/s1. The fourth-order valence-corrected chi connectivity index (χ4v) is 2.62. The van der Waals surface area contributed by atoms with E-state index in [4.69, 9.17) is 20.8 Å². The summed E-state index contributed by atoms with van der Waals surface area (Å²) in [5.41, 5.74) is 1.56. The monoisotopic (exact) mass is 383 g/mol. The van der Waals surface area contributed by atoms with Crippen LogP contribution in [0.25, 0.3) is 17.0 Å². The Kier molecular flexibility index (Phi) is 5.94. The lowest BCUT2D eigenvalue weighted by Crippen LogP contribution is -2.30. The van der Waals surface area contributed by atoms with Crippen LogP contribution in [-0.4, -0.2) is 18.5 Å². The number of furan rings is 1. The summed E-state index contributed by atoms with van der Waals surface area (Å²) in [5, 5.41) is 4.32. The van der Waals surface area contributed by atoms with Gasteiger partial charge in [-0.15, -0.1) is 0 Å². The average molecular weight is 384 g/mol. The Labute approximate surface area is 161 Å². The maximum atomic E-state index is 12.0. The predicted molar refractivity (Wildman–Crippen MR) is 104 cm³/mol. The van der Waals surface area contributed by atoms with Crippen LogP contribution in [0.3, 0.4) is 0 Å². The summed E-state index contributed by atoms with van der Waals surface area (Å²) in [5.74, 6) is -0.369. The second-order valence-corrected chi connectivity index (χ2v) is 6.40. The lowest BCUT2D eigenvalue weighted by Gasteiger charge is -2.11. The summed E-state index contributed by atoms with van der Waals surface area (Å²) in [4.78, 5) is 23.7. The van der Waals surface area contributed by atoms with E-state index in [1.165, 1.54) is 6.08 Å². The molecule has 0 aliphatic rings. The number of carbonyl (C=O) groups is 2. The Bertz CT molecular complexity index is 942. The van der Waals surface area contributed by atoms with Crippen molar-refractivity contribution >= 4 is 40.5 Å². The third-order valence-electron chi connectivity index (χ3n) is 3.88. The predicted octanol–water partition coefficient (Wildman–Crippen LogP) is 4.52. The number of rotatable bonds is 6. The minimum Gasteiger partial charge on any atom is -0.459 e. The number of hydrogen-bond acceptors (Lipinski definition) is 4. The van der Waals surface area contributed by atoms with E-state index < -0.39 is 11.9 Å². The van der Waals surface area contributed by atoms with Gasteiger partial charge < -0.3 is 14.5 Å². The molecule has 138 valence electrons. The van der Waals surface area contributed by atoms with Crippen molar-refractivity contribution in [2.45, 2.75) is 13.0 Å². The molecule has 0 fully saturated rings. The minimum absolute atomic E-state index is 0.340. The van der Waals surface area contributed by atoms with Crippen molar-refractivity contribution in [1.82, 2.24) is 5.32 Å². The average Bonchev–Trinajstić information content (AvgIpc) is 3.10. The molecule has 0 aliphatic carbocycles. The highest BCUT2D eigenvalue weighted by molar-refractivity contribution is 6.30. The van der Waals surface area contributed by atoms with Crippen molar-refractivity contribution in [3.05, 3.63) is 77.0 Å². The summed E-state index contributed by atoms with van der Waals surface area (Å²) in [6.07, 6.45) is 2.85. The zero-order valence-corrected chi connectivity index (χ0v) is 15.4. The van der Waals surface area contributed by atoms with Gasteiger partial charge in [0, 0.05) is 16.5 Å². The van der Waals surface area contributed by atoms with E-state index in [2.05, 4.69) is 5.32 Å². The lowest BCUT2D eigenvalue weighted by molar-refractivity contribution is -0.144. The van der Waals surface area contributed by atoms with Crippen LogP contribution in [0.15, 0.2) is 65.1 Å². The first-order chi connectivity index (χ1) is 13.0. The Morgan fingerprint density at radius 3 is 2.67 bits per heavy atom. The first-order valence-electron chi connectivity index (χ1n) is 8.39. The second-order valence-electron chi connectivity index (χ2n) is 5.97. The van der Waals surface area contributed by atoms with E-state index in [9.17, 15) is 9.59 Å². The molecule has 3 aromatic rings.